The highest BCUT2D eigenvalue weighted by atomic mass is 32.2. The molecule has 2 fully saturated rings. The highest BCUT2D eigenvalue weighted by molar-refractivity contribution is 7.89. The average Bonchev–Trinajstić information content (AvgIpc) is 2.73. The minimum Gasteiger partial charge on any atom is -0.444 e. The summed E-state index contributed by atoms with van der Waals surface area (Å²) >= 11 is 0. The third-order valence-electron chi connectivity index (χ3n) is 4.28. The Balaban J connectivity index is 2.23. The summed E-state index contributed by atoms with van der Waals surface area (Å²) in [5.41, 5.74) is -0.665. The van der Waals surface area contributed by atoms with Gasteiger partial charge in [0.1, 0.15) is 11.6 Å². The summed E-state index contributed by atoms with van der Waals surface area (Å²) in [6.07, 6.45) is 4.74. The number of rotatable bonds is 2. The Morgan fingerprint density at radius 1 is 1.17 bits per heavy atom. The largest absolute Gasteiger partial charge is 0.444 e. The number of fused-ring (bicyclic) bond motifs is 1. The summed E-state index contributed by atoms with van der Waals surface area (Å²) in [5, 5.41) is 0. The smallest absolute Gasteiger partial charge is 0.411 e. The molecule has 1 aliphatic heterocycles. The number of sulfonamides is 1. The number of ether oxygens (including phenoxy) is 1. The van der Waals surface area contributed by atoms with E-state index in [1.165, 1.54) is 4.90 Å². The number of hydrogen-bond acceptors (Lipinski definition) is 5. The number of likely N-dealkylation sites (tertiary alicyclic amines) is 1. The van der Waals surface area contributed by atoms with Crippen LogP contribution in [0.3, 0.4) is 0 Å². The van der Waals surface area contributed by atoms with Crippen molar-refractivity contribution in [2.75, 3.05) is 6.26 Å². The van der Waals surface area contributed by atoms with Crippen LogP contribution in [0.5, 0.6) is 0 Å². The third-order valence-corrected chi connectivity index (χ3v) is 4.85. The monoisotopic (exact) mass is 346 g/mol. The lowest BCUT2D eigenvalue weighted by molar-refractivity contribution is -0.124. The summed E-state index contributed by atoms with van der Waals surface area (Å²) in [6, 6.07) is -0.832. The van der Waals surface area contributed by atoms with Gasteiger partial charge in [0.2, 0.25) is 10.0 Å². The molecule has 2 amide bonds. The van der Waals surface area contributed by atoms with E-state index in [-0.39, 0.29) is 12.0 Å². The molecule has 1 N–H and O–H groups in total. The molecule has 0 aromatic rings. The molecule has 132 valence electrons. The van der Waals surface area contributed by atoms with Crippen molar-refractivity contribution in [3.05, 3.63) is 0 Å². The second-order valence-corrected chi connectivity index (χ2v) is 9.24. The Kier molecular flexibility index (Phi) is 4.94. The lowest BCUT2D eigenvalue weighted by Crippen LogP contribution is -2.51. The second-order valence-electron chi connectivity index (χ2n) is 7.49. The van der Waals surface area contributed by atoms with E-state index in [4.69, 9.17) is 4.74 Å². The highest BCUT2D eigenvalue weighted by Crippen LogP contribution is 2.40. The molecule has 0 spiro atoms. The van der Waals surface area contributed by atoms with E-state index in [1.807, 2.05) is 4.72 Å². The molecule has 0 bridgehead atoms. The van der Waals surface area contributed by atoms with Crippen LogP contribution in [0.2, 0.25) is 0 Å². The zero-order valence-corrected chi connectivity index (χ0v) is 15.0. The van der Waals surface area contributed by atoms with Crippen molar-refractivity contribution in [1.29, 1.82) is 0 Å². The van der Waals surface area contributed by atoms with Crippen molar-refractivity contribution >= 4 is 22.0 Å². The molecule has 2 rings (SSSR count). The van der Waals surface area contributed by atoms with Gasteiger partial charge in [-0.05, 0) is 46.0 Å². The van der Waals surface area contributed by atoms with Crippen molar-refractivity contribution in [3.63, 3.8) is 0 Å². The van der Waals surface area contributed by atoms with E-state index in [0.717, 1.165) is 31.9 Å². The standard InChI is InChI=1S/C15H26N2O5S/c1-15(2,3)22-14(19)17-11-8-6-5-7-10(11)9-12(17)13(18)16-23(4,20)21/h10-12H,5-9H2,1-4H3,(H,16,18)/t10?,11-,12?/m0/s1. The first kappa shape index (κ1) is 18.0. The number of nitrogens with one attached hydrogen (secondary N) is 1. The first-order chi connectivity index (χ1) is 10.5. The van der Waals surface area contributed by atoms with Crippen LogP contribution >= 0.6 is 0 Å². The van der Waals surface area contributed by atoms with Crippen LogP contribution in [0.25, 0.3) is 0 Å². The molecule has 0 aromatic carbocycles. The van der Waals surface area contributed by atoms with Gasteiger partial charge >= 0.3 is 6.09 Å². The molecule has 23 heavy (non-hydrogen) atoms. The molecule has 1 aliphatic carbocycles. The topological polar surface area (TPSA) is 92.8 Å². The predicted octanol–water partition coefficient (Wildman–Crippen LogP) is 1.63. The van der Waals surface area contributed by atoms with E-state index < -0.39 is 33.7 Å². The predicted molar refractivity (Wildman–Crippen MR) is 85.2 cm³/mol. The number of amides is 2. The van der Waals surface area contributed by atoms with Gasteiger partial charge in [0.05, 0.1) is 6.26 Å². The third kappa shape index (κ3) is 4.59. The molecule has 8 heteroatoms. The average molecular weight is 346 g/mol. The van der Waals surface area contributed by atoms with Gasteiger partial charge < -0.3 is 4.74 Å². The van der Waals surface area contributed by atoms with Crippen LogP contribution in [0, 0.1) is 5.92 Å². The maximum atomic E-state index is 12.6. The Morgan fingerprint density at radius 3 is 2.35 bits per heavy atom. The van der Waals surface area contributed by atoms with Crippen LogP contribution in [-0.2, 0) is 19.6 Å². The van der Waals surface area contributed by atoms with Crippen molar-refractivity contribution in [2.45, 2.75) is 70.6 Å². The van der Waals surface area contributed by atoms with E-state index in [1.54, 1.807) is 20.8 Å². The van der Waals surface area contributed by atoms with Crippen molar-refractivity contribution in [1.82, 2.24) is 9.62 Å². The van der Waals surface area contributed by atoms with Crippen LogP contribution in [-0.4, -0.2) is 49.3 Å². The summed E-state index contributed by atoms with van der Waals surface area (Å²) in [7, 11) is -3.66. The van der Waals surface area contributed by atoms with Gasteiger partial charge in [-0.3, -0.25) is 14.4 Å². The van der Waals surface area contributed by atoms with Gasteiger partial charge in [-0.1, -0.05) is 12.8 Å². The molecule has 3 atom stereocenters. The van der Waals surface area contributed by atoms with Crippen LogP contribution < -0.4 is 4.72 Å². The lowest BCUT2D eigenvalue weighted by Gasteiger charge is -2.34. The number of nitrogens with zero attached hydrogens (tertiary/aromatic N) is 1. The SMILES string of the molecule is CC(C)(C)OC(=O)N1C(C(=O)NS(C)(=O)=O)CC2CCCC[C@@H]21. The summed E-state index contributed by atoms with van der Waals surface area (Å²) in [5.74, 6) is -0.417. The number of hydrogen-bond donors (Lipinski definition) is 1. The zero-order valence-electron chi connectivity index (χ0n) is 14.2. The fourth-order valence-corrected chi connectivity index (χ4v) is 4.02. The van der Waals surface area contributed by atoms with Gasteiger partial charge in [-0.15, -0.1) is 0 Å². The maximum Gasteiger partial charge on any atom is 0.411 e. The minimum absolute atomic E-state index is 0.0473. The molecule has 7 nitrogen and oxygen atoms in total. The molecular weight excluding hydrogens is 320 g/mol. The second kappa shape index (κ2) is 6.30. The van der Waals surface area contributed by atoms with Crippen molar-refractivity contribution < 1.29 is 22.7 Å². The molecule has 1 saturated carbocycles. The first-order valence-corrected chi connectivity index (χ1v) is 9.90. The number of carbonyl (C=O) groups is 2. The Morgan fingerprint density at radius 2 is 1.78 bits per heavy atom. The summed E-state index contributed by atoms with van der Waals surface area (Å²) < 4.78 is 30.1. The molecular formula is C15H26N2O5S. The number of carbonyl (C=O) groups excluding carboxylic acids is 2. The summed E-state index contributed by atoms with van der Waals surface area (Å²) in [6.45, 7) is 5.31. The van der Waals surface area contributed by atoms with Crippen LogP contribution in [0.4, 0.5) is 4.79 Å². The maximum absolute atomic E-state index is 12.6. The molecule has 2 unspecified atom stereocenters. The van der Waals surface area contributed by atoms with Gasteiger partial charge in [0.15, 0.2) is 0 Å². The Hall–Kier alpha value is -1.31. The lowest BCUT2D eigenvalue weighted by atomic mass is 9.85. The first-order valence-electron chi connectivity index (χ1n) is 8.01. The van der Waals surface area contributed by atoms with E-state index in [9.17, 15) is 18.0 Å². The van der Waals surface area contributed by atoms with Crippen LogP contribution in [0.1, 0.15) is 52.9 Å². The zero-order chi connectivity index (χ0) is 17.4. The minimum atomic E-state index is -3.66. The van der Waals surface area contributed by atoms with Crippen molar-refractivity contribution in [3.8, 4) is 0 Å². The van der Waals surface area contributed by atoms with Gasteiger partial charge in [-0.2, -0.15) is 0 Å². The molecule has 1 heterocycles. The van der Waals surface area contributed by atoms with E-state index in [0.29, 0.717) is 6.42 Å². The highest BCUT2D eigenvalue weighted by Gasteiger charge is 2.49. The quantitative estimate of drug-likeness (QED) is 0.820. The van der Waals surface area contributed by atoms with Gasteiger partial charge in [0.25, 0.3) is 5.91 Å². The van der Waals surface area contributed by atoms with Gasteiger partial charge in [-0.25, -0.2) is 13.2 Å². The van der Waals surface area contributed by atoms with Gasteiger partial charge in [0, 0.05) is 6.04 Å². The Bertz CT molecular complexity index is 581. The normalized spacial score (nSPS) is 28.2. The molecule has 2 aliphatic rings. The summed E-state index contributed by atoms with van der Waals surface area (Å²) in [4.78, 5) is 26.4. The van der Waals surface area contributed by atoms with E-state index >= 15 is 0 Å². The Labute approximate surface area is 137 Å². The molecule has 0 aromatic heterocycles. The fraction of sp³-hybridized carbons (Fsp3) is 0.867. The molecule has 1 saturated heterocycles. The van der Waals surface area contributed by atoms with E-state index in [2.05, 4.69) is 0 Å². The van der Waals surface area contributed by atoms with Crippen LogP contribution in [0.15, 0.2) is 0 Å². The fourth-order valence-electron chi connectivity index (χ4n) is 3.52. The molecule has 0 radical (unpaired) electrons. The van der Waals surface area contributed by atoms with Crippen molar-refractivity contribution in [2.24, 2.45) is 5.92 Å².